The second-order valence-corrected chi connectivity index (χ2v) is 8.01. The third kappa shape index (κ3) is 2.82. The van der Waals surface area contributed by atoms with Gasteiger partial charge in [0.1, 0.15) is 16.5 Å². The highest BCUT2D eigenvalue weighted by atomic mass is 32.2. The maximum atomic E-state index is 13.1. The van der Waals surface area contributed by atoms with E-state index in [2.05, 4.69) is 0 Å². The van der Waals surface area contributed by atoms with Crippen LogP contribution in [0.4, 0.5) is 10.2 Å². The fourth-order valence-corrected chi connectivity index (χ4v) is 4.83. The molecule has 0 amide bonds. The fraction of sp³-hybridized carbons (Fsp3) is 0.412. The Morgan fingerprint density at radius 3 is 2.54 bits per heavy atom. The third-order valence-corrected chi connectivity index (χ3v) is 6.56. The molecule has 1 aromatic heterocycles. The number of hydrogen-bond donors (Lipinski definition) is 1. The molecule has 3 rings (SSSR count). The molecular weight excluding hydrogens is 331 g/mol. The van der Waals surface area contributed by atoms with Gasteiger partial charge in [-0.2, -0.15) is 0 Å². The van der Waals surface area contributed by atoms with Crippen LogP contribution in [0.2, 0.25) is 0 Å². The van der Waals surface area contributed by atoms with Crippen LogP contribution in [0.3, 0.4) is 0 Å². The Bertz CT molecular complexity index is 851. The van der Waals surface area contributed by atoms with Crippen molar-refractivity contribution in [3.63, 3.8) is 0 Å². The van der Waals surface area contributed by atoms with Crippen molar-refractivity contribution in [1.82, 2.24) is 4.57 Å². The van der Waals surface area contributed by atoms with Crippen LogP contribution in [-0.2, 0) is 21.1 Å². The number of sulfone groups is 1. The molecule has 0 bridgehead atoms. The van der Waals surface area contributed by atoms with Crippen molar-refractivity contribution in [2.24, 2.45) is 0 Å². The van der Waals surface area contributed by atoms with Crippen LogP contribution in [0.15, 0.2) is 34.1 Å². The highest BCUT2D eigenvalue weighted by Gasteiger charge is 2.29. The van der Waals surface area contributed by atoms with E-state index in [9.17, 15) is 12.8 Å². The number of aromatic nitrogens is 1. The molecule has 0 spiro atoms. The molecule has 0 saturated carbocycles. The van der Waals surface area contributed by atoms with Crippen LogP contribution >= 0.6 is 0 Å². The number of nitrogens with two attached hydrogens (primary N) is 1. The van der Waals surface area contributed by atoms with E-state index in [1.54, 1.807) is 6.92 Å². The van der Waals surface area contributed by atoms with Gasteiger partial charge in [-0.3, -0.25) is 0 Å². The van der Waals surface area contributed by atoms with Gasteiger partial charge in [-0.05, 0) is 56.5 Å². The van der Waals surface area contributed by atoms with E-state index < -0.39 is 15.7 Å². The van der Waals surface area contributed by atoms with Crippen LogP contribution in [0, 0.1) is 19.7 Å². The fourth-order valence-electron chi connectivity index (χ4n) is 3.16. The number of rotatable bonds is 4. The highest BCUT2D eigenvalue weighted by molar-refractivity contribution is 7.91. The standard InChI is InChI=1S/C17H21FN2O3S/c1-11-12(2)20(10-14-4-3-9-23-14)17(19)16(11)24(21,22)15-7-5-13(18)6-8-15/h5-8,14H,3-4,9-10,19H2,1-2H3. The maximum Gasteiger partial charge on any atom is 0.210 e. The van der Waals surface area contributed by atoms with Gasteiger partial charge in [0.2, 0.25) is 9.84 Å². The first-order chi connectivity index (χ1) is 11.3. The molecule has 1 atom stereocenters. The molecule has 1 aromatic carbocycles. The summed E-state index contributed by atoms with van der Waals surface area (Å²) in [5.41, 5.74) is 7.62. The molecule has 5 nitrogen and oxygen atoms in total. The summed E-state index contributed by atoms with van der Waals surface area (Å²) in [5, 5.41) is 0. The first kappa shape index (κ1) is 17.0. The highest BCUT2D eigenvalue weighted by Crippen LogP contribution is 2.34. The largest absolute Gasteiger partial charge is 0.384 e. The first-order valence-electron chi connectivity index (χ1n) is 7.89. The second kappa shape index (κ2) is 6.22. The molecule has 2 heterocycles. The zero-order valence-electron chi connectivity index (χ0n) is 13.8. The molecule has 130 valence electrons. The first-order valence-corrected chi connectivity index (χ1v) is 9.38. The van der Waals surface area contributed by atoms with E-state index in [1.165, 1.54) is 12.1 Å². The zero-order valence-corrected chi connectivity index (χ0v) is 14.6. The van der Waals surface area contributed by atoms with Crippen LogP contribution < -0.4 is 5.73 Å². The molecule has 1 aliphatic rings. The predicted molar refractivity (Wildman–Crippen MR) is 89.1 cm³/mol. The van der Waals surface area contributed by atoms with E-state index >= 15 is 0 Å². The van der Waals surface area contributed by atoms with Crippen LogP contribution in [-0.4, -0.2) is 25.7 Å². The Morgan fingerprint density at radius 2 is 1.96 bits per heavy atom. The summed E-state index contributed by atoms with van der Waals surface area (Å²) < 4.78 is 46.4. The van der Waals surface area contributed by atoms with Crippen molar-refractivity contribution >= 4 is 15.7 Å². The molecule has 1 aliphatic heterocycles. The minimum Gasteiger partial charge on any atom is -0.384 e. The number of ether oxygens (including phenoxy) is 1. The maximum absolute atomic E-state index is 13.1. The van der Waals surface area contributed by atoms with Gasteiger partial charge >= 0.3 is 0 Å². The smallest absolute Gasteiger partial charge is 0.210 e. The van der Waals surface area contributed by atoms with Crippen molar-refractivity contribution in [3.05, 3.63) is 41.3 Å². The molecule has 2 aromatic rings. The molecule has 7 heteroatoms. The van der Waals surface area contributed by atoms with Crippen molar-refractivity contribution in [2.75, 3.05) is 12.3 Å². The molecule has 1 fully saturated rings. The lowest BCUT2D eigenvalue weighted by atomic mass is 10.2. The Morgan fingerprint density at radius 1 is 1.29 bits per heavy atom. The summed E-state index contributed by atoms with van der Waals surface area (Å²) in [6.45, 7) is 4.86. The molecule has 0 radical (unpaired) electrons. The summed E-state index contributed by atoms with van der Waals surface area (Å²) in [5.74, 6) is -0.268. The molecule has 2 N–H and O–H groups in total. The van der Waals surface area contributed by atoms with Gasteiger partial charge in [-0.25, -0.2) is 12.8 Å². The average Bonchev–Trinajstić information content (AvgIpc) is 3.11. The number of halogens is 1. The summed E-state index contributed by atoms with van der Waals surface area (Å²) >= 11 is 0. The zero-order chi connectivity index (χ0) is 17.5. The van der Waals surface area contributed by atoms with Gasteiger partial charge in [0.15, 0.2) is 0 Å². The third-order valence-electron chi connectivity index (χ3n) is 4.61. The van der Waals surface area contributed by atoms with Crippen molar-refractivity contribution < 1.29 is 17.5 Å². The summed E-state index contributed by atoms with van der Waals surface area (Å²) in [6.07, 6.45) is 2.00. The monoisotopic (exact) mass is 352 g/mol. The number of nitrogens with zero attached hydrogens (tertiary/aromatic N) is 1. The Hall–Kier alpha value is -1.86. The van der Waals surface area contributed by atoms with Crippen LogP contribution in [0.5, 0.6) is 0 Å². The summed E-state index contributed by atoms with van der Waals surface area (Å²) in [4.78, 5) is 0.137. The average molecular weight is 352 g/mol. The Labute approximate surface area is 141 Å². The van der Waals surface area contributed by atoms with Gasteiger partial charge < -0.3 is 15.0 Å². The predicted octanol–water partition coefficient (Wildman–Crippen LogP) is 2.84. The van der Waals surface area contributed by atoms with Crippen molar-refractivity contribution in [1.29, 1.82) is 0 Å². The normalized spacial score (nSPS) is 18.2. The SMILES string of the molecule is Cc1c(S(=O)(=O)c2ccc(F)cc2)c(N)n(CC2CCCO2)c1C. The van der Waals surface area contributed by atoms with E-state index in [-0.39, 0.29) is 21.7 Å². The van der Waals surface area contributed by atoms with Gasteiger partial charge in [-0.1, -0.05) is 0 Å². The Kier molecular flexibility index (Phi) is 4.40. The Balaban J connectivity index is 2.06. The van der Waals surface area contributed by atoms with Crippen LogP contribution in [0.1, 0.15) is 24.1 Å². The van der Waals surface area contributed by atoms with Crippen LogP contribution in [0.25, 0.3) is 0 Å². The van der Waals surface area contributed by atoms with Gasteiger partial charge in [0, 0.05) is 12.3 Å². The van der Waals surface area contributed by atoms with E-state index in [1.807, 2.05) is 11.5 Å². The molecular formula is C17H21FN2O3S. The van der Waals surface area contributed by atoms with Crippen molar-refractivity contribution in [2.45, 2.75) is 49.1 Å². The molecule has 0 aliphatic carbocycles. The van der Waals surface area contributed by atoms with E-state index in [4.69, 9.17) is 10.5 Å². The molecule has 1 saturated heterocycles. The topological polar surface area (TPSA) is 74.3 Å². The lowest BCUT2D eigenvalue weighted by Gasteiger charge is -2.14. The molecule has 1 unspecified atom stereocenters. The minimum absolute atomic E-state index is 0.0352. The van der Waals surface area contributed by atoms with Crippen molar-refractivity contribution in [3.8, 4) is 0 Å². The summed E-state index contributed by atoms with van der Waals surface area (Å²) in [6, 6.07) is 4.79. The number of hydrogen-bond acceptors (Lipinski definition) is 4. The quantitative estimate of drug-likeness (QED) is 0.859. The number of nitrogen functional groups attached to an aromatic ring is 1. The number of anilines is 1. The van der Waals surface area contributed by atoms with Gasteiger partial charge in [0.25, 0.3) is 0 Å². The molecule has 24 heavy (non-hydrogen) atoms. The van der Waals surface area contributed by atoms with E-state index in [0.29, 0.717) is 12.1 Å². The van der Waals surface area contributed by atoms with Gasteiger partial charge in [0.05, 0.1) is 17.5 Å². The summed E-state index contributed by atoms with van der Waals surface area (Å²) in [7, 11) is -3.81. The lowest BCUT2D eigenvalue weighted by Crippen LogP contribution is -2.18. The van der Waals surface area contributed by atoms with E-state index in [0.717, 1.165) is 37.3 Å². The lowest BCUT2D eigenvalue weighted by molar-refractivity contribution is 0.0970. The van der Waals surface area contributed by atoms with Gasteiger partial charge in [-0.15, -0.1) is 0 Å². The minimum atomic E-state index is -3.81. The second-order valence-electron chi connectivity index (χ2n) is 6.13. The number of benzene rings is 1.